The maximum Gasteiger partial charge on any atom is 0.287 e. The van der Waals surface area contributed by atoms with Crippen LogP contribution in [0.3, 0.4) is 0 Å². The lowest BCUT2D eigenvalue weighted by Gasteiger charge is -2.07. The van der Waals surface area contributed by atoms with Crippen LogP contribution in [0, 0.1) is 0 Å². The molecule has 1 atom stereocenters. The number of amides is 1. The number of furan rings is 1. The van der Waals surface area contributed by atoms with Crippen LogP contribution in [0.1, 0.15) is 17.5 Å². The van der Waals surface area contributed by atoms with Crippen LogP contribution < -0.4 is 10.6 Å². The highest BCUT2D eigenvalue weighted by molar-refractivity contribution is 6.29. The third-order valence-corrected chi connectivity index (χ3v) is 2.03. The van der Waals surface area contributed by atoms with Gasteiger partial charge in [0.15, 0.2) is 11.0 Å². The maximum absolute atomic E-state index is 11.4. The average Bonchev–Trinajstić information content (AvgIpc) is 2.63. The summed E-state index contributed by atoms with van der Waals surface area (Å²) < 4.78 is 4.93. The first-order chi connectivity index (χ1) is 7.59. The summed E-state index contributed by atoms with van der Waals surface area (Å²) in [4.78, 5) is 11.4. The van der Waals surface area contributed by atoms with Crippen molar-refractivity contribution in [3.8, 4) is 0 Å². The Morgan fingerprint density at radius 1 is 1.56 bits per heavy atom. The van der Waals surface area contributed by atoms with Crippen LogP contribution in [0.5, 0.6) is 0 Å². The molecule has 0 saturated heterocycles. The highest BCUT2D eigenvalue weighted by Crippen LogP contribution is 2.12. The van der Waals surface area contributed by atoms with E-state index in [1.165, 1.54) is 12.1 Å². The van der Waals surface area contributed by atoms with Crippen LogP contribution in [0.2, 0.25) is 5.22 Å². The zero-order chi connectivity index (χ0) is 12.0. The van der Waals surface area contributed by atoms with Crippen molar-refractivity contribution < 1.29 is 14.3 Å². The van der Waals surface area contributed by atoms with Crippen molar-refractivity contribution in [2.24, 2.45) is 0 Å². The maximum atomic E-state index is 11.4. The molecule has 0 aliphatic heterocycles. The van der Waals surface area contributed by atoms with E-state index in [9.17, 15) is 4.79 Å². The van der Waals surface area contributed by atoms with Gasteiger partial charge >= 0.3 is 0 Å². The van der Waals surface area contributed by atoms with Crippen molar-refractivity contribution in [3.63, 3.8) is 0 Å². The first-order valence-corrected chi connectivity index (χ1v) is 5.39. The number of aliphatic hydroxyl groups is 1. The quantitative estimate of drug-likeness (QED) is 0.644. The van der Waals surface area contributed by atoms with Crippen LogP contribution >= 0.6 is 11.6 Å². The van der Waals surface area contributed by atoms with Crippen LogP contribution in [0.25, 0.3) is 0 Å². The SMILES string of the molecule is CC(O)CNCCNC(=O)c1ccc(Cl)o1. The predicted octanol–water partition coefficient (Wildman–Crippen LogP) is 0.633. The third-order valence-electron chi connectivity index (χ3n) is 1.82. The molecule has 1 heterocycles. The smallest absolute Gasteiger partial charge is 0.287 e. The molecule has 0 aliphatic carbocycles. The van der Waals surface area contributed by atoms with E-state index in [0.29, 0.717) is 19.6 Å². The second kappa shape index (κ2) is 6.52. The first kappa shape index (κ1) is 13.0. The fourth-order valence-corrected chi connectivity index (χ4v) is 1.24. The van der Waals surface area contributed by atoms with E-state index < -0.39 is 0 Å². The monoisotopic (exact) mass is 246 g/mol. The van der Waals surface area contributed by atoms with Gasteiger partial charge in [-0.3, -0.25) is 4.79 Å². The minimum atomic E-state index is -0.389. The Morgan fingerprint density at radius 3 is 2.88 bits per heavy atom. The summed E-state index contributed by atoms with van der Waals surface area (Å²) in [6, 6.07) is 3.03. The summed E-state index contributed by atoms with van der Waals surface area (Å²) in [5.74, 6) is -0.105. The highest BCUT2D eigenvalue weighted by atomic mass is 35.5. The summed E-state index contributed by atoms with van der Waals surface area (Å²) >= 11 is 5.54. The van der Waals surface area contributed by atoms with E-state index in [1.54, 1.807) is 6.92 Å². The number of aliphatic hydroxyl groups excluding tert-OH is 1. The van der Waals surface area contributed by atoms with Gasteiger partial charge in [-0.1, -0.05) is 0 Å². The second-order valence-corrected chi connectivity index (χ2v) is 3.79. The van der Waals surface area contributed by atoms with Gasteiger partial charge in [-0.05, 0) is 30.7 Å². The zero-order valence-electron chi connectivity index (χ0n) is 9.00. The van der Waals surface area contributed by atoms with Gasteiger partial charge in [-0.2, -0.15) is 0 Å². The molecule has 0 fully saturated rings. The topological polar surface area (TPSA) is 74.5 Å². The lowest BCUT2D eigenvalue weighted by molar-refractivity contribution is 0.0926. The third kappa shape index (κ3) is 4.65. The summed E-state index contributed by atoms with van der Waals surface area (Å²) in [6.45, 7) is 3.24. The molecule has 5 nitrogen and oxygen atoms in total. The van der Waals surface area contributed by atoms with Crippen molar-refractivity contribution in [1.29, 1.82) is 0 Å². The van der Waals surface area contributed by atoms with Gasteiger partial charge in [0.05, 0.1) is 6.10 Å². The number of hydrogen-bond donors (Lipinski definition) is 3. The molecule has 90 valence electrons. The van der Waals surface area contributed by atoms with Crippen molar-refractivity contribution in [2.75, 3.05) is 19.6 Å². The van der Waals surface area contributed by atoms with E-state index >= 15 is 0 Å². The predicted molar refractivity (Wildman–Crippen MR) is 60.6 cm³/mol. The van der Waals surface area contributed by atoms with E-state index in [2.05, 4.69) is 10.6 Å². The molecule has 3 N–H and O–H groups in total. The molecular formula is C10H15ClN2O3. The Kier molecular flexibility index (Phi) is 5.31. The molecule has 1 amide bonds. The number of hydrogen-bond acceptors (Lipinski definition) is 4. The van der Waals surface area contributed by atoms with Gasteiger partial charge < -0.3 is 20.2 Å². The zero-order valence-corrected chi connectivity index (χ0v) is 9.75. The fraction of sp³-hybridized carbons (Fsp3) is 0.500. The Hall–Kier alpha value is -1.04. The van der Waals surface area contributed by atoms with Crippen LogP contribution in [0.4, 0.5) is 0 Å². The first-order valence-electron chi connectivity index (χ1n) is 5.02. The van der Waals surface area contributed by atoms with Gasteiger partial charge in [0.1, 0.15) is 0 Å². The fourth-order valence-electron chi connectivity index (χ4n) is 1.10. The Morgan fingerprint density at radius 2 is 2.31 bits per heavy atom. The van der Waals surface area contributed by atoms with E-state index in [4.69, 9.17) is 21.1 Å². The molecule has 1 aromatic heterocycles. The standard InChI is InChI=1S/C10H15ClN2O3/c1-7(14)6-12-4-5-13-10(15)8-2-3-9(11)16-8/h2-3,7,12,14H,4-6H2,1H3,(H,13,15). The largest absolute Gasteiger partial charge is 0.440 e. The molecular weight excluding hydrogens is 232 g/mol. The average molecular weight is 247 g/mol. The highest BCUT2D eigenvalue weighted by Gasteiger charge is 2.08. The molecule has 0 aliphatic rings. The summed E-state index contributed by atoms with van der Waals surface area (Å²) in [5, 5.41) is 14.8. The van der Waals surface area contributed by atoms with E-state index in [1.807, 2.05) is 0 Å². The molecule has 6 heteroatoms. The number of nitrogens with one attached hydrogen (secondary N) is 2. The Balaban J connectivity index is 2.16. The second-order valence-electron chi connectivity index (χ2n) is 3.41. The van der Waals surface area contributed by atoms with E-state index in [0.717, 1.165) is 0 Å². The van der Waals surface area contributed by atoms with Crippen molar-refractivity contribution in [1.82, 2.24) is 10.6 Å². The van der Waals surface area contributed by atoms with Crippen LogP contribution in [0.15, 0.2) is 16.5 Å². The van der Waals surface area contributed by atoms with Crippen molar-refractivity contribution in [2.45, 2.75) is 13.0 Å². The van der Waals surface area contributed by atoms with Crippen LogP contribution in [-0.2, 0) is 0 Å². The molecule has 1 unspecified atom stereocenters. The Labute approximate surface area is 98.8 Å². The van der Waals surface area contributed by atoms with Crippen LogP contribution in [-0.4, -0.2) is 36.8 Å². The molecule has 0 radical (unpaired) electrons. The number of carbonyl (C=O) groups excluding carboxylic acids is 1. The molecule has 0 aromatic carbocycles. The summed E-state index contributed by atoms with van der Waals surface area (Å²) in [6.07, 6.45) is -0.389. The summed E-state index contributed by atoms with van der Waals surface area (Å²) in [7, 11) is 0. The minimum absolute atomic E-state index is 0.192. The van der Waals surface area contributed by atoms with Crippen molar-refractivity contribution >= 4 is 17.5 Å². The Bertz CT molecular complexity index is 339. The lowest BCUT2D eigenvalue weighted by Crippen LogP contribution is -2.34. The van der Waals surface area contributed by atoms with Gasteiger partial charge in [0.25, 0.3) is 5.91 Å². The van der Waals surface area contributed by atoms with Gasteiger partial charge in [0, 0.05) is 19.6 Å². The number of halogens is 1. The summed E-state index contributed by atoms with van der Waals surface area (Å²) in [5.41, 5.74) is 0. The lowest BCUT2D eigenvalue weighted by atomic mass is 10.4. The van der Waals surface area contributed by atoms with Gasteiger partial charge in [-0.15, -0.1) is 0 Å². The molecule has 1 aromatic rings. The molecule has 0 saturated carbocycles. The number of carbonyl (C=O) groups is 1. The molecule has 0 bridgehead atoms. The van der Waals surface area contributed by atoms with Crippen molar-refractivity contribution in [3.05, 3.63) is 23.1 Å². The molecule has 0 spiro atoms. The van der Waals surface area contributed by atoms with E-state index in [-0.39, 0.29) is 23.0 Å². The van der Waals surface area contributed by atoms with Gasteiger partial charge in [0.2, 0.25) is 0 Å². The molecule has 1 rings (SSSR count). The van der Waals surface area contributed by atoms with Gasteiger partial charge in [-0.25, -0.2) is 0 Å². The minimum Gasteiger partial charge on any atom is -0.440 e. The normalized spacial score (nSPS) is 12.4. The molecule has 16 heavy (non-hydrogen) atoms. The number of rotatable bonds is 6.